The standard InChI is InChI=1S/C15H19BrO2/c1-18-15(17)14-5-3-2-4-13(14)12-8-6-11(10-16)7-9-12/h6-9,13-14H,2-5,10H2,1H3. The minimum atomic E-state index is -0.0516. The first-order valence-electron chi connectivity index (χ1n) is 6.49. The van der Waals surface area contributed by atoms with Crippen molar-refractivity contribution in [1.82, 2.24) is 0 Å². The molecule has 0 N–H and O–H groups in total. The molecule has 18 heavy (non-hydrogen) atoms. The van der Waals surface area contributed by atoms with Gasteiger partial charge < -0.3 is 4.74 Å². The molecule has 1 aromatic rings. The van der Waals surface area contributed by atoms with Crippen molar-refractivity contribution >= 4 is 21.9 Å². The lowest BCUT2D eigenvalue weighted by molar-refractivity contribution is -0.147. The molecule has 0 aromatic heterocycles. The molecule has 1 saturated carbocycles. The van der Waals surface area contributed by atoms with E-state index in [0.717, 1.165) is 24.6 Å². The minimum absolute atomic E-state index is 0.0403. The first kappa shape index (κ1) is 13.6. The third-order valence-corrected chi connectivity index (χ3v) is 4.48. The Hall–Kier alpha value is -0.830. The number of carbonyl (C=O) groups excluding carboxylic acids is 1. The zero-order chi connectivity index (χ0) is 13.0. The van der Waals surface area contributed by atoms with Gasteiger partial charge in [0.15, 0.2) is 0 Å². The van der Waals surface area contributed by atoms with Crippen molar-refractivity contribution in [3.8, 4) is 0 Å². The van der Waals surface area contributed by atoms with Crippen LogP contribution in [0.5, 0.6) is 0 Å². The number of alkyl halides is 1. The predicted molar refractivity (Wildman–Crippen MR) is 75.8 cm³/mol. The van der Waals surface area contributed by atoms with Crippen LogP contribution in [-0.2, 0) is 14.9 Å². The Labute approximate surface area is 117 Å². The predicted octanol–water partition coefficient (Wildman–Crippen LogP) is 4.03. The van der Waals surface area contributed by atoms with Crippen molar-refractivity contribution in [2.24, 2.45) is 5.92 Å². The van der Waals surface area contributed by atoms with E-state index in [2.05, 4.69) is 40.2 Å². The maximum atomic E-state index is 11.8. The van der Waals surface area contributed by atoms with Crippen LogP contribution >= 0.6 is 15.9 Å². The molecule has 0 radical (unpaired) electrons. The molecule has 1 aliphatic rings. The van der Waals surface area contributed by atoms with E-state index in [1.165, 1.54) is 24.7 Å². The number of hydrogen-bond donors (Lipinski definition) is 0. The monoisotopic (exact) mass is 310 g/mol. The van der Waals surface area contributed by atoms with Gasteiger partial charge in [0.1, 0.15) is 0 Å². The number of rotatable bonds is 3. The topological polar surface area (TPSA) is 26.3 Å². The van der Waals surface area contributed by atoms with E-state index in [9.17, 15) is 4.79 Å². The van der Waals surface area contributed by atoms with Crippen LogP contribution in [0.1, 0.15) is 42.7 Å². The Balaban J connectivity index is 2.19. The lowest BCUT2D eigenvalue weighted by atomic mass is 9.75. The van der Waals surface area contributed by atoms with Crippen LogP contribution in [0.3, 0.4) is 0 Å². The Kier molecular flexibility index (Phi) is 4.81. The molecule has 2 unspecified atom stereocenters. The summed E-state index contributed by atoms with van der Waals surface area (Å²) in [6.45, 7) is 0. The molecule has 1 aliphatic carbocycles. The fourth-order valence-electron chi connectivity index (χ4n) is 2.82. The molecule has 0 bridgehead atoms. The normalized spacial score (nSPS) is 23.7. The van der Waals surface area contributed by atoms with Crippen LogP contribution in [0.25, 0.3) is 0 Å². The molecule has 1 aromatic carbocycles. The molecule has 0 spiro atoms. The van der Waals surface area contributed by atoms with Crippen LogP contribution in [0.15, 0.2) is 24.3 Å². The van der Waals surface area contributed by atoms with Gasteiger partial charge in [0.05, 0.1) is 13.0 Å². The smallest absolute Gasteiger partial charge is 0.309 e. The molecular formula is C15H19BrO2. The van der Waals surface area contributed by atoms with Crippen LogP contribution < -0.4 is 0 Å². The SMILES string of the molecule is COC(=O)C1CCCCC1c1ccc(CBr)cc1. The van der Waals surface area contributed by atoms with E-state index in [-0.39, 0.29) is 11.9 Å². The van der Waals surface area contributed by atoms with Gasteiger partial charge in [0, 0.05) is 5.33 Å². The van der Waals surface area contributed by atoms with Crippen molar-refractivity contribution in [2.45, 2.75) is 36.9 Å². The number of hydrogen-bond acceptors (Lipinski definition) is 2. The third kappa shape index (κ3) is 2.94. The molecule has 1 fully saturated rings. The quantitative estimate of drug-likeness (QED) is 0.622. The van der Waals surface area contributed by atoms with Crippen molar-refractivity contribution in [3.63, 3.8) is 0 Å². The maximum Gasteiger partial charge on any atom is 0.309 e. The number of ether oxygens (including phenoxy) is 1. The van der Waals surface area contributed by atoms with Crippen molar-refractivity contribution in [3.05, 3.63) is 35.4 Å². The summed E-state index contributed by atoms with van der Waals surface area (Å²) in [6, 6.07) is 8.57. The summed E-state index contributed by atoms with van der Waals surface area (Å²) in [5.74, 6) is 0.318. The number of halogens is 1. The number of benzene rings is 1. The van der Waals surface area contributed by atoms with E-state index < -0.39 is 0 Å². The summed E-state index contributed by atoms with van der Waals surface area (Å²) in [7, 11) is 1.49. The van der Waals surface area contributed by atoms with Crippen LogP contribution in [0, 0.1) is 5.92 Å². The van der Waals surface area contributed by atoms with Crippen molar-refractivity contribution in [2.75, 3.05) is 7.11 Å². The lowest BCUT2D eigenvalue weighted by Gasteiger charge is -2.30. The van der Waals surface area contributed by atoms with E-state index >= 15 is 0 Å². The second kappa shape index (κ2) is 6.37. The van der Waals surface area contributed by atoms with Gasteiger partial charge >= 0.3 is 5.97 Å². The average molecular weight is 311 g/mol. The summed E-state index contributed by atoms with van der Waals surface area (Å²) in [6.07, 6.45) is 4.39. The number of carbonyl (C=O) groups is 1. The van der Waals surface area contributed by atoms with Crippen molar-refractivity contribution < 1.29 is 9.53 Å². The Morgan fingerprint density at radius 1 is 1.28 bits per heavy atom. The van der Waals surface area contributed by atoms with E-state index in [4.69, 9.17) is 4.74 Å². The van der Waals surface area contributed by atoms with Gasteiger partial charge in [-0.25, -0.2) is 0 Å². The third-order valence-electron chi connectivity index (χ3n) is 3.83. The highest BCUT2D eigenvalue weighted by Crippen LogP contribution is 2.38. The Bertz CT molecular complexity index is 399. The first-order valence-corrected chi connectivity index (χ1v) is 7.61. The van der Waals surface area contributed by atoms with Crippen LogP contribution in [0.4, 0.5) is 0 Å². The second-order valence-corrected chi connectivity index (χ2v) is 5.46. The highest BCUT2D eigenvalue weighted by atomic mass is 79.9. The van der Waals surface area contributed by atoms with Gasteiger partial charge in [-0.2, -0.15) is 0 Å². The van der Waals surface area contributed by atoms with Crippen LogP contribution in [-0.4, -0.2) is 13.1 Å². The second-order valence-electron chi connectivity index (χ2n) is 4.90. The fourth-order valence-corrected chi connectivity index (χ4v) is 3.19. The van der Waals surface area contributed by atoms with Gasteiger partial charge in [0.2, 0.25) is 0 Å². The number of methoxy groups -OCH3 is 1. The van der Waals surface area contributed by atoms with Gasteiger partial charge in [-0.15, -0.1) is 0 Å². The van der Waals surface area contributed by atoms with E-state index in [1.54, 1.807) is 0 Å². The molecule has 98 valence electrons. The van der Waals surface area contributed by atoms with Gasteiger partial charge in [0.25, 0.3) is 0 Å². The molecular weight excluding hydrogens is 292 g/mol. The molecule has 0 amide bonds. The van der Waals surface area contributed by atoms with Crippen LogP contribution in [0.2, 0.25) is 0 Å². The first-order chi connectivity index (χ1) is 8.76. The summed E-state index contributed by atoms with van der Waals surface area (Å²) in [4.78, 5) is 11.8. The molecule has 3 heteroatoms. The zero-order valence-corrected chi connectivity index (χ0v) is 12.3. The minimum Gasteiger partial charge on any atom is -0.469 e. The molecule has 2 atom stereocenters. The summed E-state index contributed by atoms with van der Waals surface area (Å²) < 4.78 is 4.94. The molecule has 0 aliphatic heterocycles. The lowest BCUT2D eigenvalue weighted by Crippen LogP contribution is -2.26. The summed E-state index contributed by atoms with van der Waals surface area (Å²) in [5, 5.41) is 0.873. The number of esters is 1. The molecule has 2 rings (SSSR count). The highest BCUT2D eigenvalue weighted by molar-refractivity contribution is 9.08. The highest BCUT2D eigenvalue weighted by Gasteiger charge is 2.32. The van der Waals surface area contributed by atoms with Gasteiger partial charge in [-0.05, 0) is 29.9 Å². The van der Waals surface area contributed by atoms with Gasteiger partial charge in [-0.3, -0.25) is 4.79 Å². The molecule has 0 heterocycles. The largest absolute Gasteiger partial charge is 0.469 e. The van der Waals surface area contributed by atoms with E-state index in [1.807, 2.05) is 0 Å². The Morgan fingerprint density at radius 2 is 1.94 bits per heavy atom. The Morgan fingerprint density at radius 3 is 2.56 bits per heavy atom. The summed E-state index contributed by atoms with van der Waals surface area (Å²) >= 11 is 3.45. The average Bonchev–Trinajstić information content (AvgIpc) is 2.46. The zero-order valence-electron chi connectivity index (χ0n) is 10.7. The molecule has 0 saturated heterocycles. The maximum absolute atomic E-state index is 11.8. The van der Waals surface area contributed by atoms with Crippen molar-refractivity contribution in [1.29, 1.82) is 0 Å². The van der Waals surface area contributed by atoms with Gasteiger partial charge in [-0.1, -0.05) is 53.0 Å². The fraction of sp³-hybridized carbons (Fsp3) is 0.533. The molecule has 2 nitrogen and oxygen atoms in total. The van der Waals surface area contributed by atoms with E-state index in [0.29, 0.717) is 5.92 Å². The summed E-state index contributed by atoms with van der Waals surface area (Å²) in [5.41, 5.74) is 2.54.